The Morgan fingerprint density at radius 2 is 1.75 bits per heavy atom. The minimum absolute atomic E-state index is 0.100. The number of rotatable bonds is 6. The second-order valence-electron chi connectivity index (χ2n) is 4.50. The number of ether oxygens (including phenoxy) is 1. The summed E-state index contributed by atoms with van der Waals surface area (Å²) in [7, 11) is 0. The van der Waals surface area contributed by atoms with Crippen molar-refractivity contribution in [1.82, 2.24) is 0 Å². The summed E-state index contributed by atoms with van der Waals surface area (Å²) >= 11 is 0. The lowest BCUT2D eigenvalue weighted by Gasteiger charge is -2.12. The molecule has 0 aliphatic carbocycles. The first-order chi connectivity index (χ1) is 11.3. The Hall–Kier alpha value is -2.42. The molecule has 0 bridgehead atoms. The molecule has 1 aromatic carbocycles. The number of carbonyl (C=O) groups excluding carboxylic acids is 1. The van der Waals surface area contributed by atoms with Crippen LogP contribution >= 0.6 is 0 Å². The van der Waals surface area contributed by atoms with Crippen molar-refractivity contribution in [3.63, 3.8) is 0 Å². The van der Waals surface area contributed by atoms with Crippen LogP contribution in [0.4, 0.5) is 17.6 Å². The number of hydrogen-bond acceptors (Lipinski definition) is 5. The summed E-state index contributed by atoms with van der Waals surface area (Å²) in [6, 6.07) is 0. The molecule has 0 saturated heterocycles. The Morgan fingerprint density at radius 3 is 2.29 bits per heavy atom. The topological polar surface area (TPSA) is 79.1 Å². The molecule has 0 aliphatic heterocycles. The van der Waals surface area contributed by atoms with Gasteiger partial charge >= 0.3 is 5.97 Å². The van der Waals surface area contributed by atoms with E-state index < -0.39 is 51.7 Å². The molecule has 0 aliphatic rings. The van der Waals surface area contributed by atoms with E-state index in [0.717, 1.165) is 13.1 Å². The third-order valence-electron chi connectivity index (χ3n) is 2.94. The molecule has 0 saturated carbocycles. The van der Waals surface area contributed by atoms with Gasteiger partial charge in [-0.05, 0) is 13.8 Å². The smallest absolute Gasteiger partial charge is 0.343 e. The molecule has 0 spiro atoms. The second kappa shape index (κ2) is 8.44. The van der Waals surface area contributed by atoms with Crippen molar-refractivity contribution in [3.8, 4) is 0 Å². The maximum Gasteiger partial charge on any atom is 0.343 e. The highest BCUT2D eigenvalue weighted by Crippen LogP contribution is 2.29. The molecule has 5 nitrogen and oxygen atoms in total. The lowest BCUT2D eigenvalue weighted by molar-refractivity contribution is -0.137. The van der Waals surface area contributed by atoms with E-state index in [9.17, 15) is 27.5 Å². The van der Waals surface area contributed by atoms with Gasteiger partial charge in [-0.25, -0.2) is 22.4 Å². The van der Waals surface area contributed by atoms with Crippen LogP contribution in [0.3, 0.4) is 0 Å². The molecule has 1 rings (SSSR count). The molecule has 0 radical (unpaired) electrons. The van der Waals surface area contributed by atoms with Crippen LogP contribution in [0, 0.1) is 30.2 Å². The Balaban J connectivity index is 3.64. The van der Waals surface area contributed by atoms with Gasteiger partial charge in [-0.3, -0.25) is 4.99 Å². The lowest BCUT2D eigenvalue weighted by atomic mass is 10.0. The lowest BCUT2D eigenvalue weighted by Crippen LogP contribution is -2.14. The van der Waals surface area contributed by atoms with Crippen molar-refractivity contribution in [2.24, 2.45) is 4.99 Å². The van der Waals surface area contributed by atoms with Gasteiger partial charge in [-0.2, -0.15) is 0 Å². The van der Waals surface area contributed by atoms with Crippen molar-refractivity contribution in [2.75, 3.05) is 19.8 Å². The van der Waals surface area contributed by atoms with Gasteiger partial charge < -0.3 is 14.9 Å². The fraction of sp³-hybridized carbons (Fsp3) is 0.333. The molecule has 0 fully saturated rings. The van der Waals surface area contributed by atoms with Crippen LogP contribution in [-0.2, 0) is 9.53 Å². The second-order valence-corrected chi connectivity index (χ2v) is 4.50. The Labute approximate surface area is 134 Å². The Bertz CT molecular complexity index is 672. The summed E-state index contributed by atoms with van der Waals surface area (Å²) in [6.45, 7) is 1.74. The van der Waals surface area contributed by atoms with Crippen molar-refractivity contribution in [3.05, 3.63) is 40.0 Å². The first kappa shape index (κ1) is 19.6. The summed E-state index contributed by atoms with van der Waals surface area (Å²) in [4.78, 5) is 15.4. The Kier molecular flexibility index (Phi) is 6.90. The van der Waals surface area contributed by atoms with E-state index in [1.165, 1.54) is 6.92 Å². The molecular formula is C15H15F4NO4. The van der Waals surface area contributed by atoms with E-state index in [0.29, 0.717) is 0 Å². The third-order valence-corrected chi connectivity index (χ3v) is 2.94. The molecule has 1 aromatic rings. The van der Waals surface area contributed by atoms with Gasteiger partial charge in [-0.15, -0.1) is 0 Å². The number of carbonyl (C=O) groups is 1. The third kappa shape index (κ3) is 3.91. The van der Waals surface area contributed by atoms with Crippen LogP contribution in [0.15, 0.2) is 10.6 Å². The number of esters is 1. The van der Waals surface area contributed by atoms with E-state index >= 15 is 0 Å². The fourth-order valence-corrected chi connectivity index (χ4v) is 1.79. The van der Waals surface area contributed by atoms with Crippen LogP contribution in [0.1, 0.15) is 18.1 Å². The minimum atomic E-state index is -2.13. The summed E-state index contributed by atoms with van der Waals surface area (Å²) in [5.74, 6) is -10.0. The first-order valence-electron chi connectivity index (χ1n) is 6.81. The molecule has 0 atom stereocenters. The van der Waals surface area contributed by atoms with E-state index in [2.05, 4.69) is 9.73 Å². The van der Waals surface area contributed by atoms with Gasteiger partial charge in [0.2, 0.25) is 0 Å². The number of hydrogen-bond donors (Lipinski definition) is 2. The largest absolute Gasteiger partial charge is 0.506 e. The van der Waals surface area contributed by atoms with E-state index in [-0.39, 0.29) is 19.8 Å². The summed E-state index contributed by atoms with van der Waals surface area (Å²) < 4.78 is 58.8. The van der Waals surface area contributed by atoms with Gasteiger partial charge in [0.25, 0.3) is 0 Å². The van der Waals surface area contributed by atoms with Crippen molar-refractivity contribution in [2.45, 2.75) is 13.8 Å². The standard InChI is InChI=1S/C15H15F4NO4/c1-3-24-15(23)8(6-20-4-5-21)14(22)9-7(2)10(16)12(18)13(19)11(9)17/h6,21-22H,3-5H2,1-2H3. The maximum atomic E-state index is 13.9. The zero-order valence-electron chi connectivity index (χ0n) is 12.9. The number of nitrogens with zero attached hydrogens (tertiary/aromatic N) is 1. The van der Waals surface area contributed by atoms with Crippen LogP contribution in [0.5, 0.6) is 0 Å². The Morgan fingerprint density at radius 1 is 1.17 bits per heavy atom. The molecule has 132 valence electrons. The molecule has 9 heteroatoms. The van der Waals surface area contributed by atoms with Gasteiger partial charge in [0.05, 0.1) is 25.3 Å². The zero-order valence-corrected chi connectivity index (χ0v) is 12.9. The predicted molar refractivity (Wildman–Crippen MR) is 77.6 cm³/mol. The predicted octanol–water partition coefficient (Wildman–Crippen LogP) is 2.45. The minimum Gasteiger partial charge on any atom is -0.506 e. The molecule has 0 aromatic heterocycles. The highest BCUT2D eigenvalue weighted by atomic mass is 19.2. The highest BCUT2D eigenvalue weighted by Gasteiger charge is 2.28. The number of halogens is 4. The fourth-order valence-electron chi connectivity index (χ4n) is 1.79. The van der Waals surface area contributed by atoms with Gasteiger partial charge in [-0.1, -0.05) is 0 Å². The van der Waals surface area contributed by atoms with Crippen LogP contribution in [-0.4, -0.2) is 42.2 Å². The van der Waals surface area contributed by atoms with E-state index in [1.54, 1.807) is 0 Å². The van der Waals surface area contributed by atoms with E-state index in [1.807, 2.05) is 0 Å². The average molecular weight is 349 g/mol. The van der Waals surface area contributed by atoms with Crippen LogP contribution in [0.25, 0.3) is 5.76 Å². The first-order valence-corrected chi connectivity index (χ1v) is 6.81. The molecular weight excluding hydrogens is 334 g/mol. The van der Waals surface area contributed by atoms with Crippen molar-refractivity contribution < 1.29 is 37.3 Å². The molecule has 0 amide bonds. The number of benzene rings is 1. The molecule has 2 N–H and O–H groups in total. The summed E-state index contributed by atoms with van der Waals surface area (Å²) in [5, 5.41) is 18.8. The highest BCUT2D eigenvalue weighted by molar-refractivity contribution is 6.15. The van der Waals surface area contributed by atoms with Crippen LogP contribution in [0.2, 0.25) is 0 Å². The molecule has 0 heterocycles. The average Bonchev–Trinajstić information content (AvgIpc) is 2.55. The van der Waals surface area contributed by atoms with Gasteiger partial charge in [0.1, 0.15) is 11.3 Å². The van der Waals surface area contributed by atoms with Crippen LogP contribution < -0.4 is 0 Å². The molecule has 0 unspecified atom stereocenters. The normalized spacial score (nSPS) is 12.5. The van der Waals surface area contributed by atoms with Gasteiger partial charge in [0, 0.05) is 11.8 Å². The zero-order chi connectivity index (χ0) is 18.4. The quantitative estimate of drug-likeness (QED) is 0.157. The van der Waals surface area contributed by atoms with Gasteiger partial charge in [0.15, 0.2) is 23.3 Å². The number of aliphatic hydroxyl groups is 2. The van der Waals surface area contributed by atoms with Crippen molar-refractivity contribution in [1.29, 1.82) is 0 Å². The number of aliphatic hydroxyl groups excluding tert-OH is 2. The van der Waals surface area contributed by atoms with E-state index in [4.69, 9.17) is 5.11 Å². The maximum absolute atomic E-state index is 13.9. The molecule has 24 heavy (non-hydrogen) atoms. The summed E-state index contributed by atoms with van der Waals surface area (Å²) in [5.41, 5.74) is -2.45. The van der Waals surface area contributed by atoms with Crippen molar-refractivity contribution >= 4 is 17.9 Å². The monoisotopic (exact) mass is 349 g/mol. The number of aliphatic imine (C=N–C) groups is 1. The SMILES string of the molecule is CCOC(=O)C(C=NCCO)=C(O)c1c(C)c(F)c(F)c(F)c1F. The summed E-state index contributed by atoms with van der Waals surface area (Å²) in [6.07, 6.45) is 0.765.